The molecule has 6 aromatic rings. The van der Waals surface area contributed by atoms with Crippen LogP contribution in [0.5, 0.6) is 5.75 Å². The van der Waals surface area contributed by atoms with E-state index in [-0.39, 0.29) is 11.7 Å². The molecule has 0 aliphatic heterocycles. The van der Waals surface area contributed by atoms with Crippen molar-refractivity contribution in [3.8, 4) is 5.75 Å². The Morgan fingerprint density at radius 2 is 1.71 bits per heavy atom. The summed E-state index contributed by atoms with van der Waals surface area (Å²) >= 11 is 1.18. The van der Waals surface area contributed by atoms with Gasteiger partial charge in [-0.15, -0.1) is 19.7 Å². The van der Waals surface area contributed by atoms with Gasteiger partial charge in [0, 0.05) is 63.1 Å². The molecule has 0 aliphatic rings. The Morgan fingerprint density at radius 1 is 0.978 bits per heavy atom. The van der Waals surface area contributed by atoms with Gasteiger partial charge in [0.2, 0.25) is 5.95 Å². The minimum Gasteiger partial charge on any atom is -0.677 e. The summed E-state index contributed by atoms with van der Waals surface area (Å²) < 4.78 is 47.5. The van der Waals surface area contributed by atoms with Crippen molar-refractivity contribution in [2.75, 3.05) is 18.4 Å². The standard InChI is InChI=1S/C23H20F3N7O2S.C6H10N3/c1-32-18-7-4-14(20(34)27-8-2-10-33-11-3-9-28-33)12-17(18)29-21(32)31-22-30-16-6-5-15(13-19(16)36-22)35-23(24,25)26;7-3-1-5-9-6-2-4-8-9/h3-7,9,11-13H,2,8,10H2,1H3,(H,27,34)(H,29,30,31);2,4,6-7H,1,3,5H2/q;-1. The minimum atomic E-state index is -4.76. The molecule has 236 valence electrons. The number of hydrogen-bond donors (Lipinski definition) is 2. The molecule has 0 saturated carbocycles. The fourth-order valence-electron chi connectivity index (χ4n) is 4.36. The van der Waals surface area contributed by atoms with E-state index in [1.165, 1.54) is 29.5 Å². The highest BCUT2D eigenvalue weighted by molar-refractivity contribution is 7.22. The van der Waals surface area contributed by atoms with Crippen molar-refractivity contribution < 1.29 is 22.7 Å². The van der Waals surface area contributed by atoms with Crippen LogP contribution in [0.3, 0.4) is 0 Å². The van der Waals surface area contributed by atoms with Crippen molar-refractivity contribution in [1.29, 1.82) is 0 Å². The van der Waals surface area contributed by atoms with Crippen LogP contribution < -0.4 is 15.4 Å². The second-order valence-electron chi connectivity index (χ2n) is 9.77. The highest BCUT2D eigenvalue weighted by Crippen LogP contribution is 2.33. The maximum absolute atomic E-state index is 12.6. The summed E-state index contributed by atoms with van der Waals surface area (Å²) in [4.78, 5) is 21.6. The molecule has 16 heteroatoms. The van der Waals surface area contributed by atoms with Gasteiger partial charge in [-0.2, -0.15) is 10.2 Å². The van der Waals surface area contributed by atoms with Gasteiger partial charge in [-0.3, -0.25) is 14.2 Å². The predicted molar refractivity (Wildman–Crippen MR) is 166 cm³/mol. The number of alkyl halides is 3. The first-order valence-electron chi connectivity index (χ1n) is 14.0. The fraction of sp³-hybridized carbons (Fsp3) is 0.276. The molecule has 2 aromatic carbocycles. The fourth-order valence-corrected chi connectivity index (χ4v) is 5.24. The van der Waals surface area contributed by atoms with Gasteiger partial charge in [0.25, 0.3) is 5.91 Å². The van der Waals surface area contributed by atoms with E-state index in [4.69, 9.17) is 5.73 Å². The molecule has 45 heavy (non-hydrogen) atoms. The number of nitrogens with one attached hydrogen (secondary N) is 3. The van der Waals surface area contributed by atoms with Crippen LogP contribution in [0.2, 0.25) is 0 Å². The van der Waals surface area contributed by atoms with Gasteiger partial charge in [0.1, 0.15) is 5.75 Å². The lowest BCUT2D eigenvalue weighted by molar-refractivity contribution is -0.274. The summed E-state index contributed by atoms with van der Waals surface area (Å²) in [5.74, 6) is -0.0201. The number of ether oxygens (including phenoxy) is 1. The van der Waals surface area contributed by atoms with Gasteiger partial charge < -0.3 is 25.7 Å². The maximum Gasteiger partial charge on any atom is 0.573 e. The molecule has 0 spiro atoms. The van der Waals surface area contributed by atoms with E-state index in [0.717, 1.165) is 24.9 Å². The molecule has 0 unspecified atom stereocenters. The number of imidazole rings is 1. The maximum atomic E-state index is 12.6. The van der Waals surface area contributed by atoms with Crippen LogP contribution in [0.1, 0.15) is 23.2 Å². The molecule has 4 heterocycles. The molecule has 0 aliphatic carbocycles. The van der Waals surface area contributed by atoms with Crippen LogP contribution in [-0.4, -0.2) is 59.5 Å². The highest BCUT2D eigenvalue weighted by atomic mass is 32.1. The van der Waals surface area contributed by atoms with Crippen molar-refractivity contribution in [3.05, 3.63) is 84.6 Å². The third-order valence-corrected chi connectivity index (χ3v) is 7.42. The average molecular weight is 640 g/mol. The number of nitrogens with zero attached hydrogens (tertiary/aromatic N) is 7. The molecule has 12 nitrogen and oxygen atoms in total. The third-order valence-electron chi connectivity index (χ3n) is 6.49. The number of amides is 1. The Kier molecular flexibility index (Phi) is 9.94. The van der Waals surface area contributed by atoms with Crippen LogP contribution in [0.15, 0.2) is 73.3 Å². The number of carbonyl (C=O) groups is 1. The number of benzene rings is 2. The van der Waals surface area contributed by atoms with Gasteiger partial charge >= 0.3 is 6.36 Å². The lowest BCUT2D eigenvalue weighted by Gasteiger charge is -2.07. The van der Waals surface area contributed by atoms with Crippen LogP contribution in [-0.2, 0) is 20.1 Å². The number of hydrogen-bond acceptors (Lipinski definition) is 8. The van der Waals surface area contributed by atoms with E-state index >= 15 is 0 Å². The van der Waals surface area contributed by atoms with E-state index < -0.39 is 6.36 Å². The number of anilines is 2. The van der Waals surface area contributed by atoms with E-state index in [1.54, 1.807) is 29.2 Å². The summed E-state index contributed by atoms with van der Waals surface area (Å²) in [6, 6.07) is 13.0. The molecule has 0 radical (unpaired) electrons. The van der Waals surface area contributed by atoms with Crippen molar-refractivity contribution in [2.45, 2.75) is 32.3 Å². The molecule has 0 saturated heterocycles. The van der Waals surface area contributed by atoms with Gasteiger partial charge in [0.05, 0.1) is 21.3 Å². The molecule has 6 rings (SSSR count). The first-order valence-corrected chi connectivity index (χ1v) is 14.8. The SMILES string of the molecule is Cn1c(Nc2nc3ccc(OC(F)(F)F)cc3s2)nc2cc(C(=O)NCCCn3cccn3)ccc21.[NH-]CCCn1cccn1. The number of rotatable bonds is 11. The first kappa shape index (κ1) is 31.5. The molecule has 0 fully saturated rings. The number of aromatic nitrogens is 7. The summed E-state index contributed by atoms with van der Waals surface area (Å²) in [5.41, 5.74) is 9.30. The smallest absolute Gasteiger partial charge is 0.573 e. The Morgan fingerprint density at radius 3 is 2.38 bits per heavy atom. The second-order valence-corrected chi connectivity index (χ2v) is 10.8. The highest BCUT2D eigenvalue weighted by Gasteiger charge is 2.31. The van der Waals surface area contributed by atoms with Gasteiger partial charge in [-0.25, -0.2) is 9.97 Å². The van der Waals surface area contributed by atoms with Crippen LogP contribution in [0.25, 0.3) is 27.0 Å². The van der Waals surface area contributed by atoms with E-state index in [9.17, 15) is 18.0 Å². The topological polar surface area (TPSA) is 141 Å². The van der Waals surface area contributed by atoms with Crippen molar-refractivity contribution in [3.63, 3.8) is 0 Å². The largest absolute Gasteiger partial charge is 0.677 e. The summed E-state index contributed by atoms with van der Waals surface area (Å²) in [5, 5.41) is 14.6. The Balaban J connectivity index is 0.000000383. The lowest BCUT2D eigenvalue weighted by atomic mass is 10.2. The van der Waals surface area contributed by atoms with Crippen molar-refractivity contribution in [1.82, 2.24) is 39.4 Å². The molecular weight excluding hydrogens is 609 g/mol. The summed E-state index contributed by atoms with van der Waals surface area (Å²) in [7, 11) is 1.81. The van der Waals surface area contributed by atoms with Gasteiger partial charge in [0.15, 0.2) is 5.13 Å². The average Bonchev–Trinajstić information content (AvgIpc) is 3.82. The molecule has 0 atom stereocenters. The van der Waals surface area contributed by atoms with Crippen LogP contribution in [0.4, 0.5) is 24.3 Å². The summed E-state index contributed by atoms with van der Waals surface area (Å²) in [6.07, 6.45) is 4.13. The van der Waals surface area contributed by atoms with E-state index in [1.807, 2.05) is 46.9 Å². The normalized spacial score (nSPS) is 11.4. The Bertz CT molecular complexity index is 1830. The number of halogens is 3. The first-order chi connectivity index (χ1) is 21.7. The van der Waals surface area contributed by atoms with Gasteiger partial charge in [-0.05, 0) is 48.9 Å². The zero-order valence-corrected chi connectivity index (χ0v) is 25.0. The zero-order chi connectivity index (χ0) is 31.8. The molecular formula is C29H30F3N10O2S-. The lowest BCUT2D eigenvalue weighted by Crippen LogP contribution is -2.25. The molecule has 1 amide bonds. The Hall–Kier alpha value is -4.96. The number of thiazole rings is 1. The van der Waals surface area contributed by atoms with Gasteiger partial charge in [-0.1, -0.05) is 17.8 Å². The molecule has 4 aromatic heterocycles. The second kappa shape index (κ2) is 14.2. The van der Waals surface area contributed by atoms with Crippen molar-refractivity contribution >= 4 is 49.6 Å². The minimum absolute atomic E-state index is 0.194. The number of fused-ring (bicyclic) bond motifs is 2. The molecule has 3 N–H and O–H groups in total. The zero-order valence-electron chi connectivity index (χ0n) is 24.2. The number of carbonyl (C=O) groups excluding carboxylic acids is 1. The molecule has 0 bridgehead atoms. The van der Waals surface area contributed by atoms with Crippen LogP contribution in [0, 0.1) is 0 Å². The van der Waals surface area contributed by atoms with E-state index in [0.29, 0.717) is 52.0 Å². The van der Waals surface area contributed by atoms with Crippen molar-refractivity contribution in [2.24, 2.45) is 7.05 Å². The Labute approximate surface area is 259 Å². The summed E-state index contributed by atoms with van der Waals surface area (Å²) in [6.45, 7) is 2.58. The predicted octanol–water partition coefficient (Wildman–Crippen LogP) is 6.17. The van der Waals surface area contributed by atoms with Crippen LogP contribution >= 0.6 is 11.3 Å². The third kappa shape index (κ3) is 8.57. The number of aryl methyl sites for hydroxylation is 3. The monoisotopic (exact) mass is 639 g/mol. The quantitative estimate of drug-likeness (QED) is 0.162. The van der Waals surface area contributed by atoms with E-state index in [2.05, 4.69) is 35.5 Å².